The van der Waals surface area contributed by atoms with Crippen molar-refractivity contribution in [2.75, 3.05) is 13.2 Å². The molecule has 0 radical (unpaired) electrons. The summed E-state index contributed by atoms with van der Waals surface area (Å²) in [5, 5.41) is 12.3. The van der Waals surface area contributed by atoms with Gasteiger partial charge in [0.25, 0.3) is 0 Å². The lowest BCUT2D eigenvalue weighted by Crippen LogP contribution is -2.45. The van der Waals surface area contributed by atoms with Crippen molar-refractivity contribution >= 4 is 6.03 Å². The predicted octanol–water partition coefficient (Wildman–Crippen LogP) is 3.75. The topological polar surface area (TPSA) is 52.6 Å². The van der Waals surface area contributed by atoms with E-state index in [1.165, 1.54) is 11.1 Å². The van der Waals surface area contributed by atoms with Crippen molar-refractivity contribution in [3.63, 3.8) is 0 Å². The number of nitrogens with zero attached hydrogens (tertiary/aromatic N) is 1. The van der Waals surface area contributed by atoms with E-state index in [0.717, 1.165) is 45.1 Å². The van der Waals surface area contributed by atoms with Crippen LogP contribution in [0.2, 0.25) is 0 Å². The third-order valence-corrected chi connectivity index (χ3v) is 5.48. The maximum Gasteiger partial charge on any atom is 0.318 e. The maximum absolute atomic E-state index is 12.8. The number of nitrogens with one attached hydrogen (secondary N) is 1. The van der Waals surface area contributed by atoms with Crippen LogP contribution in [-0.2, 0) is 5.41 Å². The first-order valence-electron chi connectivity index (χ1n) is 9.30. The minimum absolute atomic E-state index is 0.0648. The van der Waals surface area contributed by atoms with Crippen LogP contribution in [0.15, 0.2) is 24.3 Å². The fraction of sp³-hybridized carbons (Fsp3) is 0.650. The molecule has 3 rings (SSSR count). The van der Waals surface area contributed by atoms with E-state index in [2.05, 4.69) is 43.4 Å². The fourth-order valence-electron chi connectivity index (χ4n) is 3.82. The summed E-state index contributed by atoms with van der Waals surface area (Å²) in [5.41, 5.74) is 2.81. The van der Waals surface area contributed by atoms with Gasteiger partial charge < -0.3 is 15.3 Å². The molecule has 24 heavy (non-hydrogen) atoms. The third kappa shape index (κ3) is 3.75. The first kappa shape index (κ1) is 17.3. The Morgan fingerprint density at radius 2 is 2.00 bits per heavy atom. The van der Waals surface area contributed by atoms with Gasteiger partial charge in [-0.15, -0.1) is 0 Å². The number of rotatable bonds is 6. The number of urea groups is 1. The highest BCUT2D eigenvalue weighted by atomic mass is 16.3. The van der Waals surface area contributed by atoms with E-state index in [4.69, 9.17) is 5.11 Å². The molecule has 1 aromatic rings. The number of carbonyl (C=O) groups excluding carboxylic acids is 1. The molecule has 4 nitrogen and oxygen atoms in total. The van der Waals surface area contributed by atoms with E-state index in [-0.39, 0.29) is 24.1 Å². The molecule has 1 aromatic carbocycles. The molecule has 0 spiro atoms. The number of amides is 2. The second-order valence-electron chi connectivity index (χ2n) is 7.87. The minimum Gasteiger partial charge on any atom is -0.396 e. The fourth-order valence-corrected chi connectivity index (χ4v) is 3.82. The second kappa shape index (κ2) is 7.14. The van der Waals surface area contributed by atoms with Gasteiger partial charge in [0.05, 0.1) is 6.04 Å². The first-order valence-corrected chi connectivity index (χ1v) is 9.30. The Balaban J connectivity index is 1.69. The summed E-state index contributed by atoms with van der Waals surface area (Å²) in [6.45, 7) is 5.52. The molecule has 2 aliphatic rings. The predicted molar refractivity (Wildman–Crippen MR) is 96.0 cm³/mol. The van der Waals surface area contributed by atoms with Crippen LogP contribution in [0.25, 0.3) is 0 Å². The molecular formula is C20H30N2O2. The molecule has 0 aromatic heterocycles. The number of carbonyl (C=O) groups is 1. The Hall–Kier alpha value is -1.55. The zero-order chi connectivity index (χ0) is 17.2. The highest BCUT2D eigenvalue weighted by Gasteiger charge is 2.36. The number of unbranched alkanes of at least 4 members (excludes halogenated alkanes) is 1. The Morgan fingerprint density at radius 3 is 2.71 bits per heavy atom. The monoisotopic (exact) mass is 330 g/mol. The average Bonchev–Trinajstić information content (AvgIpc) is 3.39. The van der Waals surface area contributed by atoms with E-state index < -0.39 is 0 Å². The number of aliphatic hydroxyl groups excluding tert-OH is 1. The molecule has 132 valence electrons. The number of fused-ring (bicyclic) bond motifs is 1. The van der Waals surface area contributed by atoms with Crippen LogP contribution in [0, 0.1) is 0 Å². The van der Waals surface area contributed by atoms with Gasteiger partial charge in [-0.2, -0.15) is 0 Å². The van der Waals surface area contributed by atoms with Crippen molar-refractivity contribution in [1.29, 1.82) is 0 Å². The molecule has 1 atom stereocenters. The van der Waals surface area contributed by atoms with Crippen LogP contribution in [-0.4, -0.2) is 35.2 Å². The lowest BCUT2D eigenvalue weighted by molar-refractivity contribution is 0.184. The van der Waals surface area contributed by atoms with E-state index in [1.807, 2.05) is 4.90 Å². The van der Waals surface area contributed by atoms with Gasteiger partial charge in [-0.05, 0) is 55.1 Å². The normalized spacial score (nSPS) is 21.9. The minimum atomic E-state index is 0.0648. The Kier molecular flexibility index (Phi) is 5.14. The van der Waals surface area contributed by atoms with E-state index >= 15 is 0 Å². The molecule has 0 aliphatic heterocycles. The first-order chi connectivity index (χ1) is 11.5. The molecule has 0 bridgehead atoms. The largest absolute Gasteiger partial charge is 0.396 e. The highest BCUT2D eigenvalue weighted by Crippen LogP contribution is 2.41. The Labute approximate surface area is 145 Å². The molecule has 2 aliphatic carbocycles. The quantitative estimate of drug-likeness (QED) is 0.781. The summed E-state index contributed by atoms with van der Waals surface area (Å²) in [6, 6.07) is 9.10. The summed E-state index contributed by atoms with van der Waals surface area (Å²) in [6.07, 6.45) is 5.93. The molecular weight excluding hydrogens is 300 g/mol. The van der Waals surface area contributed by atoms with Gasteiger partial charge in [-0.25, -0.2) is 4.79 Å². The summed E-state index contributed by atoms with van der Waals surface area (Å²) in [4.78, 5) is 14.8. The van der Waals surface area contributed by atoms with Crippen LogP contribution in [0.1, 0.15) is 69.5 Å². The highest BCUT2D eigenvalue weighted by molar-refractivity contribution is 5.75. The molecule has 4 heteroatoms. The molecule has 2 amide bonds. The Morgan fingerprint density at radius 1 is 1.25 bits per heavy atom. The second-order valence-corrected chi connectivity index (χ2v) is 7.87. The average molecular weight is 330 g/mol. The van der Waals surface area contributed by atoms with Gasteiger partial charge in [-0.1, -0.05) is 38.1 Å². The van der Waals surface area contributed by atoms with E-state index in [1.54, 1.807) is 0 Å². The lowest BCUT2D eigenvalue weighted by atomic mass is 9.71. The van der Waals surface area contributed by atoms with Crippen LogP contribution in [0.5, 0.6) is 0 Å². The standard InChI is InChI=1S/C20H30N2O2/c1-20(2)12-11-18(16-7-3-4-8-17(16)20)21-19(24)22(15-9-10-15)13-5-6-14-23/h3-4,7-8,15,18,23H,5-6,9-14H2,1-2H3,(H,21,24). The molecule has 1 fully saturated rings. The van der Waals surface area contributed by atoms with Crippen molar-refractivity contribution in [2.45, 2.75) is 69.9 Å². The van der Waals surface area contributed by atoms with Gasteiger partial charge in [-0.3, -0.25) is 0 Å². The number of hydrogen-bond donors (Lipinski definition) is 2. The summed E-state index contributed by atoms with van der Waals surface area (Å²) < 4.78 is 0. The van der Waals surface area contributed by atoms with Crippen molar-refractivity contribution in [2.24, 2.45) is 0 Å². The van der Waals surface area contributed by atoms with Gasteiger partial charge in [0.15, 0.2) is 0 Å². The van der Waals surface area contributed by atoms with Crippen LogP contribution in [0.4, 0.5) is 4.79 Å². The number of aliphatic hydroxyl groups is 1. The summed E-state index contributed by atoms with van der Waals surface area (Å²) >= 11 is 0. The lowest BCUT2D eigenvalue weighted by Gasteiger charge is -2.38. The van der Waals surface area contributed by atoms with Crippen LogP contribution in [0.3, 0.4) is 0 Å². The van der Waals surface area contributed by atoms with Crippen molar-refractivity contribution in [3.8, 4) is 0 Å². The third-order valence-electron chi connectivity index (χ3n) is 5.48. The smallest absolute Gasteiger partial charge is 0.318 e. The molecule has 1 saturated carbocycles. The van der Waals surface area contributed by atoms with Crippen molar-refractivity contribution in [3.05, 3.63) is 35.4 Å². The molecule has 1 unspecified atom stereocenters. The molecule has 0 saturated heterocycles. The maximum atomic E-state index is 12.8. The molecule has 2 N–H and O–H groups in total. The van der Waals surface area contributed by atoms with Crippen molar-refractivity contribution < 1.29 is 9.90 Å². The SMILES string of the molecule is CC1(C)CCC(NC(=O)N(CCCCO)C2CC2)c2ccccc21. The van der Waals surface area contributed by atoms with Crippen molar-refractivity contribution in [1.82, 2.24) is 10.2 Å². The summed E-state index contributed by atoms with van der Waals surface area (Å²) in [5.74, 6) is 0. The Bertz CT molecular complexity index is 581. The van der Waals surface area contributed by atoms with Gasteiger partial charge in [0.2, 0.25) is 0 Å². The summed E-state index contributed by atoms with van der Waals surface area (Å²) in [7, 11) is 0. The number of benzene rings is 1. The van der Waals surface area contributed by atoms with Crippen LogP contribution >= 0.6 is 0 Å². The molecule has 0 heterocycles. The van der Waals surface area contributed by atoms with Gasteiger partial charge in [0.1, 0.15) is 0 Å². The zero-order valence-corrected chi connectivity index (χ0v) is 14.9. The van der Waals surface area contributed by atoms with Gasteiger partial charge in [0, 0.05) is 19.2 Å². The zero-order valence-electron chi connectivity index (χ0n) is 14.9. The van der Waals surface area contributed by atoms with Crippen LogP contribution < -0.4 is 5.32 Å². The number of hydrogen-bond acceptors (Lipinski definition) is 2. The van der Waals surface area contributed by atoms with Gasteiger partial charge >= 0.3 is 6.03 Å². The van der Waals surface area contributed by atoms with E-state index in [9.17, 15) is 4.79 Å². The van der Waals surface area contributed by atoms with E-state index in [0.29, 0.717) is 6.04 Å².